The summed E-state index contributed by atoms with van der Waals surface area (Å²) in [6.07, 6.45) is 5.32. The Kier molecular flexibility index (Phi) is 4.21. The van der Waals surface area contributed by atoms with Crippen LogP contribution in [0.5, 0.6) is 0 Å². The van der Waals surface area contributed by atoms with Crippen molar-refractivity contribution < 1.29 is 9.32 Å². The van der Waals surface area contributed by atoms with Crippen molar-refractivity contribution in [2.24, 2.45) is 0 Å². The van der Waals surface area contributed by atoms with Crippen LogP contribution in [0.25, 0.3) is 21.8 Å². The first-order valence-corrected chi connectivity index (χ1v) is 9.82. The molecule has 0 bridgehead atoms. The normalized spacial score (nSPS) is 12.3. The van der Waals surface area contributed by atoms with Gasteiger partial charge in [-0.1, -0.05) is 29.4 Å². The van der Waals surface area contributed by atoms with E-state index in [1.54, 1.807) is 24.5 Å². The molecule has 138 valence electrons. The summed E-state index contributed by atoms with van der Waals surface area (Å²) in [5, 5.41) is 6.83. The number of nitrogens with zero attached hydrogens (tertiary/aromatic N) is 3. The summed E-state index contributed by atoms with van der Waals surface area (Å²) in [7, 11) is 0. The van der Waals surface area contributed by atoms with E-state index >= 15 is 0 Å². The Morgan fingerprint density at radius 2 is 1.93 bits per heavy atom. The van der Waals surface area contributed by atoms with Gasteiger partial charge in [0, 0.05) is 22.8 Å². The summed E-state index contributed by atoms with van der Waals surface area (Å²) in [4.78, 5) is 22.8. The van der Waals surface area contributed by atoms with E-state index in [2.05, 4.69) is 38.6 Å². The van der Waals surface area contributed by atoms with Gasteiger partial charge in [0.05, 0.1) is 11.4 Å². The molecule has 0 radical (unpaired) electrons. The molecule has 1 N–H and O–H groups in total. The molecule has 0 unspecified atom stereocenters. The predicted molar refractivity (Wildman–Crippen MR) is 106 cm³/mol. The SMILES string of the molecule is O=C(NCc1nc(-c2ccncc2)no1)c1cc2c(s1)-c1ccccc1CC2. The number of amides is 1. The number of fused-ring (bicyclic) bond motifs is 3. The Morgan fingerprint density at radius 3 is 2.82 bits per heavy atom. The van der Waals surface area contributed by atoms with E-state index in [1.165, 1.54) is 32.9 Å². The monoisotopic (exact) mass is 388 g/mol. The van der Waals surface area contributed by atoms with Crippen LogP contribution in [0, 0.1) is 0 Å². The number of rotatable bonds is 4. The summed E-state index contributed by atoms with van der Waals surface area (Å²) in [5.41, 5.74) is 4.65. The highest BCUT2D eigenvalue weighted by molar-refractivity contribution is 7.17. The van der Waals surface area contributed by atoms with E-state index in [0.29, 0.717) is 16.6 Å². The molecule has 1 aliphatic rings. The molecular weight excluding hydrogens is 372 g/mol. The van der Waals surface area contributed by atoms with Gasteiger partial charge in [-0.2, -0.15) is 4.98 Å². The van der Waals surface area contributed by atoms with Gasteiger partial charge in [-0.3, -0.25) is 9.78 Å². The van der Waals surface area contributed by atoms with Crippen LogP contribution in [-0.2, 0) is 19.4 Å². The highest BCUT2D eigenvalue weighted by atomic mass is 32.1. The Bertz CT molecular complexity index is 1150. The molecule has 0 saturated carbocycles. The van der Waals surface area contributed by atoms with E-state index in [4.69, 9.17) is 4.52 Å². The Hall–Kier alpha value is -3.32. The maximum absolute atomic E-state index is 12.6. The van der Waals surface area contributed by atoms with Crippen molar-refractivity contribution >= 4 is 17.2 Å². The number of hydrogen-bond donors (Lipinski definition) is 1. The van der Waals surface area contributed by atoms with E-state index in [1.807, 2.05) is 12.1 Å². The number of aromatic nitrogens is 3. The van der Waals surface area contributed by atoms with Crippen molar-refractivity contribution in [3.63, 3.8) is 0 Å². The molecule has 5 rings (SSSR count). The molecule has 3 aromatic heterocycles. The van der Waals surface area contributed by atoms with Gasteiger partial charge in [0.2, 0.25) is 11.7 Å². The molecule has 6 nitrogen and oxygen atoms in total. The van der Waals surface area contributed by atoms with Crippen LogP contribution in [0.2, 0.25) is 0 Å². The smallest absolute Gasteiger partial charge is 0.261 e. The fourth-order valence-electron chi connectivity index (χ4n) is 3.37. The number of aryl methyl sites for hydroxylation is 2. The molecule has 1 amide bonds. The first kappa shape index (κ1) is 16.8. The summed E-state index contributed by atoms with van der Waals surface area (Å²) < 4.78 is 5.24. The molecule has 7 heteroatoms. The molecule has 1 aromatic carbocycles. The van der Waals surface area contributed by atoms with Gasteiger partial charge in [0.25, 0.3) is 5.91 Å². The molecule has 4 aromatic rings. The molecular formula is C21H16N4O2S. The third-order valence-electron chi connectivity index (χ3n) is 4.77. The highest BCUT2D eigenvalue weighted by Gasteiger charge is 2.21. The van der Waals surface area contributed by atoms with Gasteiger partial charge in [-0.25, -0.2) is 0 Å². The number of thiophene rings is 1. The van der Waals surface area contributed by atoms with Crippen LogP contribution in [-0.4, -0.2) is 21.0 Å². The van der Waals surface area contributed by atoms with E-state index in [0.717, 1.165) is 18.4 Å². The average molecular weight is 388 g/mol. The van der Waals surface area contributed by atoms with E-state index in [-0.39, 0.29) is 12.5 Å². The summed E-state index contributed by atoms with van der Waals surface area (Å²) >= 11 is 1.54. The van der Waals surface area contributed by atoms with Gasteiger partial charge in [-0.15, -0.1) is 11.3 Å². The largest absolute Gasteiger partial charge is 0.342 e. The van der Waals surface area contributed by atoms with Gasteiger partial charge in [-0.05, 0) is 47.7 Å². The zero-order valence-electron chi connectivity index (χ0n) is 14.9. The van der Waals surface area contributed by atoms with Crippen LogP contribution in [0.15, 0.2) is 59.4 Å². The topological polar surface area (TPSA) is 80.9 Å². The lowest BCUT2D eigenvalue weighted by Gasteiger charge is -2.15. The molecule has 0 spiro atoms. The number of nitrogens with one attached hydrogen (secondary N) is 1. The van der Waals surface area contributed by atoms with Crippen LogP contribution < -0.4 is 5.32 Å². The third kappa shape index (κ3) is 3.10. The minimum atomic E-state index is -0.124. The predicted octanol–water partition coefficient (Wildman–Crippen LogP) is 3.89. The molecule has 0 saturated heterocycles. The highest BCUT2D eigenvalue weighted by Crippen LogP contribution is 2.39. The lowest BCUT2D eigenvalue weighted by atomic mass is 9.91. The van der Waals surface area contributed by atoms with Crippen molar-refractivity contribution in [1.82, 2.24) is 20.4 Å². The van der Waals surface area contributed by atoms with Crippen molar-refractivity contribution in [3.05, 3.63) is 76.8 Å². The molecule has 3 heterocycles. The first-order chi connectivity index (χ1) is 13.8. The Balaban J connectivity index is 1.30. The number of benzene rings is 1. The molecule has 28 heavy (non-hydrogen) atoms. The third-order valence-corrected chi connectivity index (χ3v) is 5.97. The summed E-state index contributed by atoms with van der Waals surface area (Å²) in [6.45, 7) is 0.191. The van der Waals surface area contributed by atoms with Crippen LogP contribution in [0.1, 0.15) is 26.7 Å². The van der Waals surface area contributed by atoms with Gasteiger partial charge >= 0.3 is 0 Å². The lowest BCUT2D eigenvalue weighted by molar-refractivity contribution is 0.0950. The number of carbonyl (C=O) groups is 1. The van der Waals surface area contributed by atoms with E-state index < -0.39 is 0 Å². The second-order valence-electron chi connectivity index (χ2n) is 6.55. The Labute approximate surface area is 165 Å². The fraction of sp³-hybridized carbons (Fsp3) is 0.143. The minimum absolute atomic E-state index is 0.124. The minimum Gasteiger partial charge on any atom is -0.342 e. The average Bonchev–Trinajstić information content (AvgIpc) is 3.40. The van der Waals surface area contributed by atoms with Gasteiger partial charge in [0.15, 0.2) is 0 Å². The van der Waals surface area contributed by atoms with Crippen molar-refractivity contribution in [2.75, 3.05) is 0 Å². The summed E-state index contributed by atoms with van der Waals surface area (Å²) in [5.74, 6) is 0.724. The van der Waals surface area contributed by atoms with Crippen LogP contribution >= 0.6 is 11.3 Å². The zero-order valence-corrected chi connectivity index (χ0v) is 15.7. The second-order valence-corrected chi connectivity index (χ2v) is 7.60. The molecule has 0 fully saturated rings. The second kappa shape index (κ2) is 7.01. The first-order valence-electron chi connectivity index (χ1n) is 9.00. The summed E-state index contributed by atoms with van der Waals surface area (Å²) in [6, 6.07) is 14.0. The fourth-order valence-corrected chi connectivity index (χ4v) is 4.56. The van der Waals surface area contributed by atoms with Crippen LogP contribution in [0.3, 0.4) is 0 Å². The zero-order chi connectivity index (χ0) is 18.9. The van der Waals surface area contributed by atoms with Crippen LogP contribution in [0.4, 0.5) is 0 Å². The lowest BCUT2D eigenvalue weighted by Crippen LogP contribution is -2.21. The van der Waals surface area contributed by atoms with Gasteiger partial charge in [0.1, 0.15) is 0 Å². The number of pyridine rings is 1. The van der Waals surface area contributed by atoms with Crippen molar-refractivity contribution in [2.45, 2.75) is 19.4 Å². The molecule has 0 aliphatic heterocycles. The maximum atomic E-state index is 12.6. The number of hydrogen-bond acceptors (Lipinski definition) is 6. The maximum Gasteiger partial charge on any atom is 0.261 e. The van der Waals surface area contributed by atoms with E-state index in [9.17, 15) is 4.79 Å². The Morgan fingerprint density at radius 1 is 1.11 bits per heavy atom. The van der Waals surface area contributed by atoms with Crippen molar-refractivity contribution in [3.8, 4) is 21.8 Å². The standard InChI is InChI=1S/C21H16N4O2S/c26-21(23-12-18-24-20(25-27-18)14-7-9-22-10-8-14)17-11-15-6-5-13-3-1-2-4-16(13)19(15)28-17/h1-4,7-11H,5-6,12H2,(H,23,26). The molecule has 0 atom stereocenters. The quantitative estimate of drug-likeness (QED) is 0.574. The number of carbonyl (C=O) groups excluding carboxylic acids is 1. The molecule has 1 aliphatic carbocycles. The van der Waals surface area contributed by atoms with Crippen molar-refractivity contribution in [1.29, 1.82) is 0 Å². The van der Waals surface area contributed by atoms with Gasteiger partial charge < -0.3 is 9.84 Å².